The Morgan fingerprint density at radius 2 is 1.83 bits per heavy atom. The topological polar surface area (TPSA) is 49.3 Å². The lowest BCUT2D eigenvalue weighted by atomic mass is 9.82. The zero-order valence-corrected chi connectivity index (χ0v) is 19.3. The number of carbonyl (C=O) groups excluding carboxylic acids is 1. The third-order valence-corrected chi connectivity index (χ3v) is 7.28. The molecule has 1 amide bonds. The van der Waals surface area contributed by atoms with E-state index in [0.29, 0.717) is 41.5 Å². The smallest absolute Gasteiger partial charge is 0.257 e. The highest BCUT2D eigenvalue weighted by Gasteiger charge is 2.45. The molecule has 0 aliphatic carbocycles. The summed E-state index contributed by atoms with van der Waals surface area (Å²) in [5, 5.41) is 0. The summed E-state index contributed by atoms with van der Waals surface area (Å²) in [6.07, 6.45) is 2.49. The van der Waals surface area contributed by atoms with Gasteiger partial charge in [0.05, 0.1) is 23.3 Å². The van der Waals surface area contributed by atoms with Crippen LogP contribution in [0.25, 0.3) is 22.2 Å². The summed E-state index contributed by atoms with van der Waals surface area (Å²) < 4.78 is 29.6. The molecule has 1 aromatic heterocycles. The highest BCUT2D eigenvalue weighted by molar-refractivity contribution is 6.01. The summed E-state index contributed by atoms with van der Waals surface area (Å²) in [5.41, 5.74) is 2.72. The second kappa shape index (κ2) is 8.41. The molecule has 176 valence electrons. The van der Waals surface area contributed by atoms with Crippen molar-refractivity contribution in [2.45, 2.75) is 19.4 Å². The standard InChI is InChI=1S/C28H24F2N4O/c1-17-10-11-20(18-6-3-2-4-7-18)25(26(17)30)28(35)33-13-12-19-15-34(23(19)16-33)24-14-31-22-9-5-8-21(29)27(22)32-24/h2-11,14,19,23H,12-13,15-16H2,1H3/t19-,23-/m0/s1. The number of halogens is 2. The summed E-state index contributed by atoms with van der Waals surface area (Å²) in [4.78, 5) is 26.4. The van der Waals surface area contributed by atoms with E-state index in [-0.39, 0.29) is 23.0 Å². The molecular formula is C28H24F2N4O. The maximum absolute atomic E-state index is 15.4. The first-order chi connectivity index (χ1) is 17.0. The van der Waals surface area contributed by atoms with Crippen molar-refractivity contribution in [2.75, 3.05) is 24.5 Å². The van der Waals surface area contributed by atoms with Crippen molar-refractivity contribution in [3.8, 4) is 11.1 Å². The molecule has 0 radical (unpaired) electrons. The highest BCUT2D eigenvalue weighted by atomic mass is 19.1. The molecule has 2 saturated heterocycles. The van der Waals surface area contributed by atoms with Gasteiger partial charge in [0.15, 0.2) is 5.82 Å². The molecule has 6 rings (SSSR count). The van der Waals surface area contributed by atoms with Crippen LogP contribution in [0.15, 0.2) is 66.9 Å². The summed E-state index contributed by atoms with van der Waals surface area (Å²) in [6.45, 7) is 3.50. The second-order valence-corrected chi connectivity index (χ2v) is 9.34. The number of hydrogen-bond donors (Lipinski definition) is 0. The van der Waals surface area contributed by atoms with Crippen molar-refractivity contribution in [3.05, 3.63) is 89.6 Å². The number of carbonyl (C=O) groups is 1. The average Bonchev–Trinajstić information content (AvgIpc) is 2.87. The van der Waals surface area contributed by atoms with Gasteiger partial charge in [-0.15, -0.1) is 0 Å². The van der Waals surface area contributed by atoms with Crippen LogP contribution in [-0.2, 0) is 0 Å². The van der Waals surface area contributed by atoms with Crippen LogP contribution in [-0.4, -0.2) is 46.5 Å². The molecular weight excluding hydrogens is 446 g/mol. The molecule has 2 aliphatic heterocycles. The van der Waals surface area contributed by atoms with Crippen LogP contribution in [0, 0.1) is 24.5 Å². The van der Waals surface area contributed by atoms with E-state index < -0.39 is 11.6 Å². The maximum Gasteiger partial charge on any atom is 0.257 e. The highest BCUT2D eigenvalue weighted by Crippen LogP contribution is 2.37. The molecule has 0 N–H and O–H groups in total. The molecule has 7 heteroatoms. The number of benzene rings is 3. The van der Waals surface area contributed by atoms with E-state index in [1.54, 1.807) is 36.2 Å². The van der Waals surface area contributed by atoms with E-state index in [0.717, 1.165) is 18.5 Å². The molecule has 3 aromatic carbocycles. The molecule has 2 atom stereocenters. The van der Waals surface area contributed by atoms with Gasteiger partial charge in [-0.1, -0.05) is 48.5 Å². The van der Waals surface area contributed by atoms with Gasteiger partial charge < -0.3 is 9.80 Å². The lowest BCUT2D eigenvalue weighted by Crippen LogP contribution is -2.65. The Hall–Kier alpha value is -3.87. The molecule has 0 saturated carbocycles. The Balaban J connectivity index is 1.30. The van der Waals surface area contributed by atoms with Gasteiger partial charge in [0, 0.05) is 25.6 Å². The van der Waals surface area contributed by atoms with Crippen LogP contribution >= 0.6 is 0 Å². The molecule has 5 nitrogen and oxygen atoms in total. The van der Waals surface area contributed by atoms with Gasteiger partial charge >= 0.3 is 0 Å². The number of para-hydroxylation sites is 1. The first kappa shape index (κ1) is 21.6. The van der Waals surface area contributed by atoms with Gasteiger partial charge in [0.1, 0.15) is 17.2 Å². The first-order valence-electron chi connectivity index (χ1n) is 11.8. The lowest BCUT2D eigenvalue weighted by Gasteiger charge is -2.54. The predicted molar refractivity (Wildman–Crippen MR) is 131 cm³/mol. The van der Waals surface area contributed by atoms with Gasteiger partial charge in [0.2, 0.25) is 0 Å². The van der Waals surface area contributed by atoms with Crippen molar-refractivity contribution in [1.29, 1.82) is 0 Å². The fraction of sp³-hybridized carbons (Fsp3) is 0.250. The van der Waals surface area contributed by atoms with Crippen LogP contribution in [0.5, 0.6) is 0 Å². The van der Waals surface area contributed by atoms with Gasteiger partial charge in [-0.25, -0.2) is 13.8 Å². The van der Waals surface area contributed by atoms with E-state index in [1.807, 2.05) is 36.4 Å². The van der Waals surface area contributed by atoms with Crippen LogP contribution in [0.4, 0.5) is 14.6 Å². The molecule has 0 spiro atoms. The number of piperidine rings is 1. The van der Waals surface area contributed by atoms with Gasteiger partial charge in [-0.3, -0.25) is 9.78 Å². The number of likely N-dealkylation sites (tertiary alicyclic amines) is 1. The molecule has 4 aromatic rings. The van der Waals surface area contributed by atoms with E-state index in [2.05, 4.69) is 14.9 Å². The number of anilines is 1. The maximum atomic E-state index is 15.4. The van der Waals surface area contributed by atoms with Crippen molar-refractivity contribution < 1.29 is 13.6 Å². The Morgan fingerprint density at radius 1 is 1.00 bits per heavy atom. The summed E-state index contributed by atoms with van der Waals surface area (Å²) in [7, 11) is 0. The summed E-state index contributed by atoms with van der Waals surface area (Å²) in [5.74, 6) is -0.165. The van der Waals surface area contributed by atoms with Crippen molar-refractivity contribution in [2.24, 2.45) is 5.92 Å². The molecule has 2 aliphatic rings. The van der Waals surface area contributed by atoms with Gasteiger partial charge in [0.25, 0.3) is 5.91 Å². The van der Waals surface area contributed by atoms with Gasteiger partial charge in [-0.2, -0.15) is 0 Å². The Kier molecular flexibility index (Phi) is 5.20. The van der Waals surface area contributed by atoms with Crippen LogP contribution in [0.1, 0.15) is 22.3 Å². The number of aryl methyl sites for hydroxylation is 1. The molecule has 35 heavy (non-hydrogen) atoms. The fourth-order valence-corrected chi connectivity index (χ4v) is 5.28. The van der Waals surface area contributed by atoms with Crippen molar-refractivity contribution in [3.63, 3.8) is 0 Å². The molecule has 0 bridgehead atoms. The molecule has 0 unspecified atom stereocenters. The zero-order valence-electron chi connectivity index (χ0n) is 19.3. The third kappa shape index (κ3) is 3.62. The van der Waals surface area contributed by atoms with Crippen molar-refractivity contribution in [1.82, 2.24) is 14.9 Å². The third-order valence-electron chi connectivity index (χ3n) is 7.28. The lowest BCUT2D eigenvalue weighted by molar-refractivity contribution is 0.0587. The Labute approximate surface area is 202 Å². The second-order valence-electron chi connectivity index (χ2n) is 9.34. The number of nitrogens with zero attached hydrogens (tertiary/aromatic N) is 4. The largest absolute Gasteiger partial charge is 0.350 e. The van der Waals surface area contributed by atoms with E-state index in [1.165, 1.54) is 6.07 Å². The average molecular weight is 471 g/mol. The minimum atomic E-state index is -0.472. The fourth-order valence-electron chi connectivity index (χ4n) is 5.28. The number of rotatable bonds is 3. The summed E-state index contributed by atoms with van der Waals surface area (Å²) in [6, 6.07) is 17.7. The van der Waals surface area contributed by atoms with Crippen LogP contribution in [0.3, 0.4) is 0 Å². The number of amides is 1. The van der Waals surface area contributed by atoms with E-state index >= 15 is 4.39 Å². The van der Waals surface area contributed by atoms with Crippen LogP contribution in [0.2, 0.25) is 0 Å². The predicted octanol–water partition coefficient (Wildman–Crippen LogP) is 5.23. The SMILES string of the molecule is Cc1ccc(-c2ccccc2)c(C(=O)N2CC[C@H]3CN(c4cnc5cccc(F)c5n4)[C@H]3C2)c1F. The molecule has 2 fully saturated rings. The minimum absolute atomic E-state index is 0.0410. The zero-order chi connectivity index (χ0) is 24.1. The van der Waals surface area contributed by atoms with Crippen LogP contribution < -0.4 is 4.90 Å². The van der Waals surface area contributed by atoms with E-state index in [4.69, 9.17) is 0 Å². The summed E-state index contributed by atoms with van der Waals surface area (Å²) >= 11 is 0. The quantitative estimate of drug-likeness (QED) is 0.411. The number of hydrogen-bond acceptors (Lipinski definition) is 4. The number of aromatic nitrogens is 2. The first-order valence-corrected chi connectivity index (χ1v) is 11.8. The normalized spacial score (nSPS) is 19.4. The van der Waals surface area contributed by atoms with E-state index in [9.17, 15) is 9.18 Å². The minimum Gasteiger partial charge on any atom is -0.350 e. The molecule has 3 heterocycles. The monoisotopic (exact) mass is 470 g/mol. The Morgan fingerprint density at radius 3 is 2.66 bits per heavy atom. The van der Waals surface area contributed by atoms with Crippen molar-refractivity contribution >= 4 is 22.8 Å². The Bertz CT molecular complexity index is 1440. The van der Waals surface area contributed by atoms with Gasteiger partial charge in [-0.05, 0) is 42.2 Å². The number of fused-ring (bicyclic) bond motifs is 2.